The number of hydrogen-bond donors (Lipinski definition) is 0. The molecule has 1 atom stereocenters. The molecule has 0 aromatic heterocycles. The third-order valence-electron chi connectivity index (χ3n) is 4.45. The Bertz CT molecular complexity index is 541. The second-order valence-electron chi connectivity index (χ2n) is 6.00. The van der Waals surface area contributed by atoms with Crippen LogP contribution >= 0.6 is 0 Å². The van der Waals surface area contributed by atoms with E-state index in [0.29, 0.717) is 11.7 Å². The van der Waals surface area contributed by atoms with Crippen LogP contribution < -0.4 is 4.74 Å². The van der Waals surface area contributed by atoms with Gasteiger partial charge in [-0.1, -0.05) is 49.5 Å². The van der Waals surface area contributed by atoms with E-state index < -0.39 is 0 Å². The van der Waals surface area contributed by atoms with Crippen molar-refractivity contribution in [3.8, 4) is 18.1 Å². The number of terminal acetylenes is 1. The molecule has 0 radical (unpaired) electrons. The Morgan fingerprint density at radius 3 is 2.65 bits per heavy atom. The molecule has 1 aliphatic carbocycles. The lowest BCUT2D eigenvalue weighted by atomic mass is 9.82. The number of nitrogens with zero attached hydrogens (tertiary/aromatic N) is 1. The Morgan fingerprint density at radius 1 is 1.35 bits per heavy atom. The SMILES string of the molecule is C#CCN(C(=O)Oc1ccccc1)C(CC=C)C1CCCCC1. The first kappa shape index (κ1) is 17.1. The molecule has 1 saturated carbocycles. The van der Waals surface area contributed by atoms with E-state index in [9.17, 15) is 4.79 Å². The van der Waals surface area contributed by atoms with Crippen LogP contribution in [0.15, 0.2) is 43.0 Å². The molecule has 1 aromatic rings. The van der Waals surface area contributed by atoms with Crippen molar-refractivity contribution in [2.75, 3.05) is 6.54 Å². The van der Waals surface area contributed by atoms with Crippen LogP contribution in [0.25, 0.3) is 0 Å². The summed E-state index contributed by atoms with van der Waals surface area (Å²) in [5.41, 5.74) is 0. The number of carbonyl (C=O) groups is 1. The smallest absolute Gasteiger partial charge is 0.410 e. The van der Waals surface area contributed by atoms with E-state index in [0.717, 1.165) is 19.3 Å². The Labute approximate surface area is 139 Å². The Balaban J connectivity index is 2.13. The van der Waals surface area contributed by atoms with Crippen LogP contribution in [0, 0.1) is 18.3 Å². The first-order valence-corrected chi connectivity index (χ1v) is 8.34. The largest absolute Gasteiger partial charge is 0.416 e. The molecule has 122 valence electrons. The molecule has 1 aromatic carbocycles. The second kappa shape index (κ2) is 9.05. The highest BCUT2D eigenvalue weighted by atomic mass is 16.6. The molecule has 3 heteroatoms. The molecule has 23 heavy (non-hydrogen) atoms. The summed E-state index contributed by atoms with van der Waals surface area (Å²) in [5.74, 6) is 3.62. The minimum atomic E-state index is -0.369. The number of para-hydroxylation sites is 1. The number of ether oxygens (including phenoxy) is 1. The number of benzene rings is 1. The Kier molecular flexibility index (Phi) is 6.75. The predicted octanol–water partition coefficient (Wildman–Crippen LogP) is 4.65. The number of hydrogen-bond acceptors (Lipinski definition) is 2. The molecule has 0 spiro atoms. The highest BCUT2D eigenvalue weighted by Crippen LogP contribution is 2.31. The zero-order valence-corrected chi connectivity index (χ0v) is 13.6. The van der Waals surface area contributed by atoms with E-state index in [4.69, 9.17) is 11.2 Å². The summed E-state index contributed by atoms with van der Waals surface area (Å²) in [6.07, 6.45) is 13.7. The number of amides is 1. The highest BCUT2D eigenvalue weighted by molar-refractivity contribution is 5.71. The summed E-state index contributed by atoms with van der Waals surface area (Å²) >= 11 is 0. The van der Waals surface area contributed by atoms with Crippen LogP contribution in [-0.2, 0) is 0 Å². The van der Waals surface area contributed by atoms with Crippen molar-refractivity contribution >= 4 is 6.09 Å². The maximum atomic E-state index is 12.6. The van der Waals surface area contributed by atoms with Crippen LogP contribution in [0.1, 0.15) is 38.5 Å². The molecule has 0 aliphatic heterocycles. The molecule has 2 rings (SSSR count). The van der Waals surface area contributed by atoms with Gasteiger partial charge in [-0.15, -0.1) is 13.0 Å². The van der Waals surface area contributed by atoms with Gasteiger partial charge >= 0.3 is 6.09 Å². The lowest BCUT2D eigenvalue weighted by molar-refractivity contribution is 0.108. The quantitative estimate of drug-likeness (QED) is 0.565. The maximum Gasteiger partial charge on any atom is 0.416 e. The zero-order chi connectivity index (χ0) is 16.5. The first-order chi connectivity index (χ1) is 11.3. The summed E-state index contributed by atoms with van der Waals surface area (Å²) < 4.78 is 5.50. The van der Waals surface area contributed by atoms with Gasteiger partial charge in [-0.2, -0.15) is 0 Å². The lowest BCUT2D eigenvalue weighted by Crippen LogP contribution is -2.46. The van der Waals surface area contributed by atoms with E-state index in [1.54, 1.807) is 17.0 Å². The first-order valence-electron chi connectivity index (χ1n) is 8.34. The fourth-order valence-electron chi connectivity index (χ4n) is 3.33. The summed E-state index contributed by atoms with van der Waals surface area (Å²) in [4.78, 5) is 14.3. The molecule has 1 aliphatic rings. The van der Waals surface area contributed by atoms with Crippen molar-refractivity contribution in [3.05, 3.63) is 43.0 Å². The van der Waals surface area contributed by atoms with Crippen molar-refractivity contribution in [2.45, 2.75) is 44.6 Å². The van der Waals surface area contributed by atoms with Gasteiger partial charge in [-0.25, -0.2) is 4.79 Å². The molecule has 1 unspecified atom stereocenters. The molecule has 1 amide bonds. The second-order valence-corrected chi connectivity index (χ2v) is 6.00. The van der Waals surface area contributed by atoms with Gasteiger partial charge in [0.1, 0.15) is 5.75 Å². The van der Waals surface area contributed by atoms with E-state index in [2.05, 4.69) is 12.5 Å². The molecular weight excluding hydrogens is 286 g/mol. The van der Waals surface area contributed by atoms with Crippen LogP contribution in [-0.4, -0.2) is 23.6 Å². The summed E-state index contributed by atoms with van der Waals surface area (Å²) in [5, 5.41) is 0. The monoisotopic (exact) mass is 311 g/mol. The topological polar surface area (TPSA) is 29.5 Å². The predicted molar refractivity (Wildman–Crippen MR) is 93.2 cm³/mol. The summed E-state index contributed by atoms with van der Waals surface area (Å²) in [6.45, 7) is 4.12. The molecule has 0 N–H and O–H groups in total. The molecule has 0 heterocycles. The Morgan fingerprint density at radius 2 is 2.04 bits per heavy atom. The normalized spacial score (nSPS) is 16.1. The van der Waals surface area contributed by atoms with Gasteiger partial charge in [-0.05, 0) is 37.3 Å². The molecular formula is C20H25NO2. The van der Waals surface area contributed by atoms with Crippen LogP contribution in [0.2, 0.25) is 0 Å². The van der Waals surface area contributed by atoms with Gasteiger partial charge in [-0.3, -0.25) is 4.90 Å². The molecule has 0 saturated heterocycles. The maximum absolute atomic E-state index is 12.6. The van der Waals surface area contributed by atoms with Gasteiger partial charge < -0.3 is 4.74 Å². The fraction of sp³-hybridized carbons (Fsp3) is 0.450. The van der Waals surface area contributed by atoms with E-state index >= 15 is 0 Å². The van der Waals surface area contributed by atoms with Crippen molar-refractivity contribution in [1.82, 2.24) is 4.90 Å². The molecule has 0 bridgehead atoms. The van der Waals surface area contributed by atoms with Crippen LogP contribution in [0.5, 0.6) is 5.75 Å². The number of rotatable bonds is 6. The van der Waals surface area contributed by atoms with E-state index in [-0.39, 0.29) is 18.7 Å². The standard InChI is InChI=1S/C20H25NO2/c1-3-11-19(17-12-7-5-8-13-17)21(16-4-2)20(22)23-18-14-9-6-10-15-18/h2-3,6,9-10,14-15,17,19H,1,5,7-8,11-13,16H2. The summed E-state index contributed by atoms with van der Waals surface area (Å²) in [7, 11) is 0. The van der Waals surface area contributed by atoms with Crippen LogP contribution in [0.3, 0.4) is 0 Å². The van der Waals surface area contributed by atoms with E-state index in [1.807, 2.05) is 24.3 Å². The summed E-state index contributed by atoms with van der Waals surface area (Å²) in [6, 6.07) is 9.19. The minimum absolute atomic E-state index is 0.0695. The average molecular weight is 311 g/mol. The Hall–Kier alpha value is -2.21. The third-order valence-corrected chi connectivity index (χ3v) is 4.45. The fourth-order valence-corrected chi connectivity index (χ4v) is 3.33. The van der Waals surface area contributed by atoms with Crippen molar-refractivity contribution < 1.29 is 9.53 Å². The number of carbonyl (C=O) groups excluding carboxylic acids is 1. The van der Waals surface area contributed by atoms with Gasteiger partial charge in [0.25, 0.3) is 0 Å². The van der Waals surface area contributed by atoms with Gasteiger partial charge in [0.15, 0.2) is 0 Å². The average Bonchev–Trinajstić information content (AvgIpc) is 2.59. The minimum Gasteiger partial charge on any atom is -0.410 e. The van der Waals surface area contributed by atoms with Gasteiger partial charge in [0, 0.05) is 6.04 Å². The van der Waals surface area contributed by atoms with Crippen molar-refractivity contribution in [2.24, 2.45) is 5.92 Å². The lowest BCUT2D eigenvalue weighted by Gasteiger charge is -2.36. The van der Waals surface area contributed by atoms with E-state index in [1.165, 1.54) is 19.3 Å². The van der Waals surface area contributed by atoms with Crippen molar-refractivity contribution in [1.29, 1.82) is 0 Å². The van der Waals surface area contributed by atoms with Gasteiger partial charge in [0.2, 0.25) is 0 Å². The molecule has 3 nitrogen and oxygen atoms in total. The van der Waals surface area contributed by atoms with Crippen LogP contribution in [0.4, 0.5) is 4.79 Å². The third kappa shape index (κ3) is 4.89. The highest BCUT2D eigenvalue weighted by Gasteiger charge is 2.31. The molecule has 1 fully saturated rings. The van der Waals surface area contributed by atoms with Crippen molar-refractivity contribution in [3.63, 3.8) is 0 Å². The van der Waals surface area contributed by atoms with Gasteiger partial charge in [0.05, 0.1) is 6.54 Å². The zero-order valence-electron chi connectivity index (χ0n) is 13.6.